The molecular weight excluding hydrogens is 845 g/mol. The van der Waals surface area contributed by atoms with Gasteiger partial charge in [0, 0.05) is 28.0 Å². The van der Waals surface area contributed by atoms with E-state index in [0.717, 1.165) is 29.3 Å². The van der Waals surface area contributed by atoms with E-state index in [1.807, 2.05) is 70.2 Å². The minimum absolute atomic E-state index is 0.00355. The number of methoxy groups -OCH3 is 1. The molecule has 0 aromatic carbocycles. The average molecular weight is 917 g/mol. The second kappa shape index (κ2) is 22.9. The first kappa shape index (κ1) is 51.8. The standard InChI is InChI=1S/C51H72N2O7S2Si/c1-13-20-41(54)50(6,7)42(55)26-17-25-38-32-37(38)22-15-16-28-45-53-40(34-62-45)48(57)59-43(51(8,9)44(21-14-2)60-63(11,12)49(3,4)5)27-18-23-35-30-31-36(35)24-19-29-46-52-39(33-61-46)47(56)58-10/h13-25,28-29,33-35,37-38,41-44,54-55H,26-27,30-32H2,1-12H3/b20-13+,21-14+,22-15+,23-18-,25-17-,28-16-,29-19-,36-24+/t35?,37-,38+,41+,42+,43+,44+/m1/s1. The normalized spacial score (nSPS) is 21.7. The van der Waals surface area contributed by atoms with Gasteiger partial charge in [-0.1, -0.05) is 133 Å². The van der Waals surface area contributed by atoms with E-state index in [9.17, 15) is 19.8 Å². The second-order valence-electron chi connectivity index (χ2n) is 19.4. The molecule has 0 saturated heterocycles. The summed E-state index contributed by atoms with van der Waals surface area (Å²) in [6.07, 6.45) is 32.3. The summed E-state index contributed by atoms with van der Waals surface area (Å²) < 4.78 is 18.2. The Morgan fingerprint density at radius 3 is 2.02 bits per heavy atom. The highest BCUT2D eigenvalue weighted by Crippen LogP contribution is 2.43. The molecule has 12 heteroatoms. The number of aliphatic hydroxyl groups is 2. The van der Waals surface area contributed by atoms with Gasteiger partial charge in [-0.2, -0.15) is 0 Å². The Labute approximate surface area is 386 Å². The van der Waals surface area contributed by atoms with Crippen LogP contribution in [0.25, 0.3) is 12.2 Å². The van der Waals surface area contributed by atoms with E-state index in [2.05, 4.69) is 94.1 Å². The lowest BCUT2D eigenvalue weighted by Crippen LogP contribution is -2.51. The number of carbonyl (C=O) groups excluding carboxylic acids is 2. The molecule has 4 rings (SSSR count). The Balaban J connectivity index is 1.42. The molecule has 0 radical (unpaired) electrons. The minimum Gasteiger partial charge on any atom is -0.464 e. The highest BCUT2D eigenvalue weighted by Gasteiger charge is 2.46. The third kappa shape index (κ3) is 14.6. The summed E-state index contributed by atoms with van der Waals surface area (Å²) >= 11 is 2.80. The molecular formula is C51H72N2O7S2Si. The molecule has 7 atom stereocenters. The Bertz CT molecular complexity index is 2080. The van der Waals surface area contributed by atoms with Crippen LogP contribution in [0, 0.1) is 28.6 Å². The molecule has 0 amide bonds. The maximum atomic E-state index is 13.9. The second-order valence-corrected chi connectivity index (χ2v) is 25.9. The van der Waals surface area contributed by atoms with Crippen LogP contribution in [0.3, 0.4) is 0 Å². The fourth-order valence-electron chi connectivity index (χ4n) is 6.87. The zero-order valence-corrected chi connectivity index (χ0v) is 42.2. The van der Waals surface area contributed by atoms with Crippen LogP contribution >= 0.6 is 22.7 Å². The Morgan fingerprint density at radius 1 is 0.825 bits per heavy atom. The summed E-state index contributed by atoms with van der Waals surface area (Å²) in [7, 11) is -0.853. The van der Waals surface area contributed by atoms with Crippen LogP contribution in [0.4, 0.5) is 0 Å². The summed E-state index contributed by atoms with van der Waals surface area (Å²) in [6, 6.07) is 0. The fraction of sp³-hybridized carbons (Fsp3) is 0.529. The molecule has 2 aromatic rings. The van der Waals surface area contributed by atoms with Crippen LogP contribution in [0.5, 0.6) is 0 Å². The van der Waals surface area contributed by atoms with Crippen LogP contribution in [-0.2, 0) is 13.9 Å². The molecule has 9 nitrogen and oxygen atoms in total. The SMILES string of the molecule is C/C=C/[C@H](O[Si](C)(C)C(C)(C)C)C(C)(C)[C@H](C/C=C\C1CC/C1=C\C=C/c1nc(C(=O)OC)cs1)OC(=O)c1csc(/C=C\C=C\[C@@H]2C[C@@H]2/C=C\C[C@H](O)C(C)(C)[C@@H](O)/C=C/C)n1. The van der Waals surface area contributed by atoms with E-state index in [1.165, 1.54) is 35.4 Å². The molecule has 2 heterocycles. The van der Waals surface area contributed by atoms with Crippen LogP contribution in [0.1, 0.15) is 125 Å². The van der Waals surface area contributed by atoms with E-state index in [-0.39, 0.29) is 22.8 Å². The van der Waals surface area contributed by atoms with Crippen molar-refractivity contribution in [2.75, 3.05) is 7.11 Å². The maximum Gasteiger partial charge on any atom is 0.358 e. The zero-order valence-electron chi connectivity index (χ0n) is 39.5. The number of aliphatic hydroxyl groups excluding tert-OH is 2. The third-order valence-corrected chi connectivity index (χ3v) is 19.0. The number of aromatic nitrogens is 2. The zero-order chi connectivity index (χ0) is 46.6. The van der Waals surface area contributed by atoms with Gasteiger partial charge in [0.05, 0.1) is 25.4 Å². The predicted octanol–water partition coefficient (Wildman–Crippen LogP) is 12.4. The van der Waals surface area contributed by atoms with Gasteiger partial charge in [0.1, 0.15) is 16.1 Å². The summed E-state index contributed by atoms with van der Waals surface area (Å²) in [5.41, 5.74) is 0.695. The number of hydrogen-bond donors (Lipinski definition) is 2. The number of ether oxygens (including phenoxy) is 2. The molecule has 63 heavy (non-hydrogen) atoms. The van der Waals surface area contributed by atoms with E-state index < -0.39 is 49.4 Å². The molecule has 0 spiro atoms. The van der Waals surface area contributed by atoms with Gasteiger partial charge >= 0.3 is 11.9 Å². The van der Waals surface area contributed by atoms with Crippen LogP contribution in [-0.4, -0.2) is 72.0 Å². The van der Waals surface area contributed by atoms with Crippen molar-refractivity contribution in [1.82, 2.24) is 9.97 Å². The summed E-state index contributed by atoms with van der Waals surface area (Å²) in [5, 5.41) is 26.0. The number of hydrogen-bond acceptors (Lipinski definition) is 11. The predicted molar refractivity (Wildman–Crippen MR) is 263 cm³/mol. The number of esters is 2. The van der Waals surface area contributed by atoms with Gasteiger partial charge in [0.25, 0.3) is 0 Å². The Kier molecular flexibility index (Phi) is 18.9. The summed E-state index contributed by atoms with van der Waals surface area (Å²) in [6.45, 7) is 23.1. The number of rotatable bonds is 22. The lowest BCUT2D eigenvalue weighted by atomic mass is 9.77. The van der Waals surface area contributed by atoms with Gasteiger partial charge in [-0.05, 0) is 87.6 Å². The highest BCUT2D eigenvalue weighted by atomic mass is 32.1. The minimum atomic E-state index is -2.20. The molecule has 0 aliphatic heterocycles. The molecule has 2 aliphatic rings. The number of carbonyl (C=O) groups is 2. The van der Waals surface area contributed by atoms with E-state index in [4.69, 9.17) is 13.9 Å². The van der Waals surface area contributed by atoms with Crippen molar-refractivity contribution in [2.45, 2.75) is 137 Å². The Hall–Kier alpha value is -3.78. The van der Waals surface area contributed by atoms with E-state index in [0.29, 0.717) is 30.4 Å². The molecule has 2 aromatic heterocycles. The third-order valence-electron chi connectivity index (χ3n) is 12.9. The maximum absolute atomic E-state index is 13.9. The van der Waals surface area contributed by atoms with Gasteiger partial charge in [-0.15, -0.1) is 22.7 Å². The quantitative estimate of drug-likeness (QED) is 0.0513. The monoisotopic (exact) mass is 916 g/mol. The van der Waals surface area contributed by atoms with Crippen molar-refractivity contribution < 1.29 is 33.7 Å². The Morgan fingerprint density at radius 2 is 1.43 bits per heavy atom. The first-order chi connectivity index (χ1) is 29.6. The van der Waals surface area contributed by atoms with Crippen LogP contribution in [0.2, 0.25) is 18.1 Å². The van der Waals surface area contributed by atoms with Gasteiger partial charge in [-0.3, -0.25) is 0 Å². The van der Waals surface area contributed by atoms with Crippen LogP contribution < -0.4 is 0 Å². The van der Waals surface area contributed by atoms with Gasteiger partial charge in [0.15, 0.2) is 19.7 Å². The van der Waals surface area contributed by atoms with Crippen molar-refractivity contribution in [3.05, 3.63) is 117 Å². The number of thiazole rings is 2. The van der Waals surface area contributed by atoms with Gasteiger partial charge < -0.3 is 24.1 Å². The van der Waals surface area contributed by atoms with Crippen molar-refractivity contribution in [2.24, 2.45) is 28.6 Å². The lowest BCUT2D eigenvalue weighted by molar-refractivity contribution is -0.0420. The molecule has 2 aliphatic carbocycles. The number of allylic oxidation sites excluding steroid dienone is 10. The number of nitrogens with zero attached hydrogens (tertiary/aromatic N) is 2. The molecule has 2 N–H and O–H groups in total. The van der Waals surface area contributed by atoms with Crippen molar-refractivity contribution in [3.8, 4) is 0 Å². The lowest BCUT2D eigenvalue weighted by Gasteiger charge is -2.45. The van der Waals surface area contributed by atoms with Crippen molar-refractivity contribution in [1.29, 1.82) is 0 Å². The van der Waals surface area contributed by atoms with E-state index in [1.54, 1.807) is 22.9 Å². The molecule has 1 unspecified atom stereocenters. The van der Waals surface area contributed by atoms with Crippen molar-refractivity contribution in [3.63, 3.8) is 0 Å². The molecule has 2 fully saturated rings. The molecule has 0 bridgehead atoms. The largest absolute Gasteiger partial charge is 0.464 e. The summed E-state index contributed by atoms with van der Waals surface area (Å²) in [4.78, 5) is 34.6. The summed E-state index contributed by atoms with van der Waals surface area (Å²) in [5.74, 6) is 0.269. The van der Waals surface area contributed by atoms with E-state index >= 15 is 0 Å². The first-order valence-electron chi connectivity index (χ1n) is 22.2. The topological polar surface area (TPSA) is 128 Å². The fourth-order valence-corrected chi connectivity index (χ4v) is 9.62. The molecule has 2 saturated carbocycles. The molecule has 344 valence electrons. The first-order valence-corrected chi connectivity index (χ1v) is 26.9. The highest BCUT2D eigenvalue weighted by molar-refractivity contribution is 7.11. The van der Waals surface area contributed by atoms with Crippen LogP contribution in [0.15, 0.2) is 95.3 Å². The smallest absolute Gasteiger partial charge is 0.358 e. The average Bonchev–Trinajstić information content (AvgIpc) is 3.53. The van der Waals surface area contributed by atoms with Gasteiger partial charge in [-0.25, -0.2) is 19.6 Å². The van der Waals surface area contributed by atoms with Gasteiger partial charge in [0.2, 0.25) is 0 Å². The van der Waals surface area contributed by atoms with Crippen molar-refractivity contribution >= 4 is 55.1 Å².